The van der Waals surface area contributed by atoms with Gasteiger partial charge in [-0.05, 0) is 44.5 Å². The molecule has 1 atom stereocenters. The van der Waals surface area contributed by atoms with E-state index in [0.29, 0.717) is 25.9 Å². The summed E-state index contributed by atoms with van der Waals surface area (Å²) in [7, 11) is -1.75. The Morgan fingerprint density at radius 2 is 2.00 bits per heavy atom. The first-order chi connectivity index (χ1) is 9.85. The highest BCUT2D eigenvalue weighted by molar-refractivity contribution is 7.90. The van der Waals surface area contributed by atoms with Crippen molar-refractivity contribution in [1.29, 1.82) is 0 Å². The fraction of sp³-hybridized carbons (Fsp3) is 0.571. The molecule has 2 rings (SSSR count). The average Bonchev–Trinajstić information content (AvgIpc) is 2.49. The van der Waals surface area contributed by atoms with Gasteiger partial charge in [0.15, 0.2) is 0 Å². The van der Waals surface area contributed by atoms with Crippen molar-refractivity contribution in [2.45, 2.75) is 31.1 Å². The Bertz CT molecular complexity index is 601. The van der Waals surface area contributed by atoms with E-state index in [1.54, 1.807) is 12.1 Å². The van der Waals surface area contributed by atoms with Gasteiger partial charge in [0, 0.05) is 19.1 Å². The number of nitrogens with one attached hydrogen (secondary N) is 1. The molecule has 0 aromatic heterocycles. The summed E-state index contributed by atoms with van der Waals surface area (Å²) >= 11 is 5.82. The fourth-order valence-electron chi connectivity index (χ4n) is 2.72. The summed E-state index contributed by atoms with van der Waals surface area (Å²) in [4.78, 5) is 2.20. The second-order valence-electron chi connectivity index (χ2n) is 5.33. The highest BCUT2D eigenvalue weighted by Crippen LogP contribution is 2.28. The van der Waals surface area contributed by atoms with Crippen LogP contribution in [0.15, 0.2) is 18.2 Å². The molecule has 0 bridgehead atoms. The van der Waals surface area contributed by atoms with E-state index in [1.165, 1.54) is 13.1 Å². The monoisotopic (exact) mass is 334 g/mol. The van der Waals surface area contributed by atoms with E-state index in [0.717, 1.165) is 5.56 Å². The third-order valence-corrected chi connectivity index (χ3v) is 6.38. The highest BCUT2D eigenvalue weighted by Gasteiger charge is 2.30. The summed E-state index contributed by atoms with van der Waals surface area (Å²) in [5.74, 6) is -0.425. The van der Waals surface area contributed by atoms with Crippen molar-refractivity contribution in [1.82, 2.24) is 9.62 Å². The molecule has 1 heterocycles. The number of halogens is 2. The molecule has 0 saturated carbocycles. The van der Waals surface area contributed by atoms with Crippen molar-refractivity contribution in [3.8, 4) is 0 Å². The van der Waals surface area contributed by atoms with Gasteiger partial charge in [-0.25, -0.2) is 17.5 Å². The van der Waals surface area contributed by atoms with Gasteiger partial charge in [-0.2, -0.15) is 0 Å². The predicted octanol–water partition coefficient (Wildman–Crippen LogP) is 2.55. The van der Waals surface area contributed by atoms with Gasteiger partial charge in [-0.3, -0.25) is 4.90 Å². The maximum absolute atomic E-state index is 13.2. The normalized spacial score (nSPS) is 19.6. The lowest BCUT2D eigenvalue weighted by Crippen LogP contribution is -2.43. The van der Waals surface area contributed by atoms with Crippen LogP contribution in [0.2, 0.25) is 5.02 Å². The zero-order valence-electron chi connectivity index (χ0n) is 12.1. The first kappa shape index (κ1) is 16.7. The number of rotatable bonds is 4. The lowest BCUT2D eigenvalue weighted by Gasteiger charge is -2.35. The molecular formula is C14H20ClFN2O2S. The first-order valence-electron chi connectivity index (χ1n) is 6.96. The van der Waals surface area contributed by atoms with Gasteiger partial charge in [0.05, 0.1) is 10.3 Å². The third-order valence-electron chi connectivity index (χ3n) is 4.17. The van der Waals surface area contributed by atoms with Crippen LogP contribution in [0.25, 0.3) is 0 Å². The molecule has 1 aromatic carbocycles. The van der Waals surface area contributed by atoms with Crippen LogP contribution in [-0.2, 0) is 10.0 Å². The van der Waals surface area contributed by atoms with E-state index >= 15 is 0 Å². The van der Waals surface area contributed by atoms with Crippen LogP contribution in [0.3, 0.4) is 0 Å². The highest BCUT2D eigenvalue weighted by atomic mass is 35.5. The summed E-state index contributed by atoms with van der Waals surface area (Å²) in [6.07, 6.45) is 1.20. The molecular weight excluding hydrogens is 315 g/mol. The molecule has 118 valence electrons. The average molecular weight is 335 g/mol. The molecule has 1 fully saturated rings. The molecule has 1 aliphatic rings. The van der Waals surface area contributed by atoms with Gasteiger partial charge < -0.3 is 0 Å². The molecule has 1 N–H and O–H groups in total. The minimum absolute atomic E-state index is 0.0846. The Kier molecular flexibility index (Phi) is 5.24. The molecule has 0 aliphatic carbocycles. The van der Waals surface area contributed by atoms with Gasteiger partial charge in [0.25, 0.3) is 0 Å². The van der Waals surface area contributed by atoms with Crippen LogP contribution in [-0.4, -0.2) is 38.7 Å². The quantitative estimate of drug-likeness (QED) is 0.920. The van der Waals surface area contributed by atoms with E-state index in [9.17, 15) is 12.8 Å². The zero-order chi connectivity index (χ0) is 15.6. The van der Waals surface area contributed by atoms with Gasteiger partial charge in [0.2, 0.25) is 10.0 Å². The Morgan fingerprint density at radius 3 is 2.52 bits per heavy atom. The lowest BCUT2D eigenvalue weighted by molar-refractivity contribution is 0.176. The SMILES string of the molecule is CNS(=O)(=O)C1CCN([C@H](C)c2ccc(F)c(Cl)c2)CC1. The van der Waals surface area contributed by atoms with Crippen molar-refractivity contribution in [3.05, 3.63) is 34.6 Å². The fourth-order valence-corrected chi connectivity index (χ4v) is 4.08. The summed E-state index contributed by atoms with van der Waals surface area (Å²) in [5.41, 5.74) is 0.941. The Labute approximate surface area is 130 Å². The number of nitrogens with zero attached hydrogens (tertiary/aromatic N) is 1. The smallest absolute Gasteiger partial charge is 0.214 e. The molecule has 1 aromatic rings. The van der Waals surface area contributed by atoms with Gasteiger partial charge in [0.1, 0.15) is 5.82 Å². The first-order valence-corrected chi connectivity index (χ1v) is 8.89. The number of hydrogen-bond donors (Lipinski definition) is 1. The zero-order valence-corrected chi connectivity index (χ0v) is 13.7. The third kappa shape index (κ3) is 3.74. The van der Waals surface area contributed by atoms with Crippen LogP contribution in [0.1, 0.15) is 31.4 Å². The lowest BCUT2D eigenvalue weighted by atomic mass is 10.0. The second-order valence-corrected chi connectivity index (χ2v) is 7.91. The maximum atomic E-state index is 13.2. The van der Waals surface area contributed by atoms with E-state index < -0.39 is 15.8 Å². The number of sulfonamides is 1. The summed E-state index contributed by atoms with van der Waals surface area (Å²) in [5, 5.41) is -0.213. The van der Waals surface area contributed by atoms with Crippen LogP contribution in [0.5, 0.6) is 0 Å². The standard InChI is InChI=1S/C14H20ClFN2O2S/c1-10(11-3-4-14(16)13(15)9-11)18-7-5-12(6-8-18)21(19,20)17-2/h3-4,9-10,12,17H,5-8H2,1-2H3/t10-/m1/s1. The Balaban J connectivity index is 2.03. The van der Waals surface area contributed by atoms with Crippen LogP contribution >= 0.6 is 11.6 Å². The van der Waals surface area contributed by atoms with Gasteiger partial charge in [-0.1, -0.05) is 17.7 Å². The largest absolute Gasteiger partial charge is 0.297 e. The molecule has 7 heteroatoms. The maximum Gasteiger partial charge on any atom is 0.214 e. The van der Waals surface area contributed by atoms with Crippen molar-refractivity contribution in [3.63, 3.8) is 0 Å². The predicted molar refractivity (Wildman–Crippen MR) is 82.4 cm³/mol. The number of hydrogen-bond acceptors (Lipinski definition) is 3. The molecule has 1 saturated heterocycles. The Hall–Kier alpha value is -0.690. The van der Waals surface area contributed by atoms with Crippen molar-refractivity contribution in [2.24, 2.45) is 0 Å². The summed E-state index contributed by atoms with van der Waals surface area (Å²) in [6.45, 7) is 3.42. The van der Waals surface area contributed by atoms with E-state index in [2.05, 4.69) is 9.62 Å². The number of piperidine rings is 1. The topological polar surface area (TPSA) is 49.4 Å². The molecule has 0 unspecified atom stereocenters. The second kappa shape index (κ2) is 6.60. The summed E-state index contributed by atoms with van der Waals surface area (Å²) < 4.78 is 39.2. The van der Waals surface area contributed by atoms with Crippen LogP contribution < -0.4 is 4.72 Å². The van der Waals surface area contributed by atoms with Crippen LogP contribution in [0, 0.1) is 5.82 Å². The molecule has 0 radical (unpaired) electrons. The van der Waals surface area contributed by atoms with Crippen molar-refractivity contribution in [2.75, 3.05) is 20.1 Å². The van der Waals surface area contributed by atoms with E-state index in [-0.39, 0.29) is 16.3 Å². The van der Waals surface area contributed by atoms with Crippen molar-refractivity contribution >= 4 is 21.6 Å². The summed E-state index contributed by atoms with van der Waals surface area (Å²) in [6, 6.07) is 4.81. The van der Waals surface area contributed by atoms with E-state index in [1.807, 2.05) is 6.92 Å². The minimum Gasteiger partial charge on any atom is -0.297 e. The molecule has 0 spiro atoms. The van der Waals surface area contributed by atoms with Gasteiger partial charge >= 0.3 is 0 Å². The van der Waals surface area contributed by atoms with E-state index in [4.69, 9.17) is 11.6 Å². The van der Waals surface area contributed by atoms with Gasteiger partial charge in [-0.15, -0.1) is 0 Å². The number of benzene rings is 1. The molecule has 1 aliphatic heterocycles. The van der Waals surface area contributed by atoms with Crippen LogP contribution in [0.4, 0.5) is 4.39 Å². The number of likely N-dealkylation sites (tertiary alicyclic amines) is 1. The minimum atomic E-state index is -3.19. The Morgan fingerprint density at radius 1 is 1.38 bits per heavy atom. The van der Waals surface area contributed by atoms with Crippen molar-refractivity contribution < 1.29 is 12.8 Å². The molecule has 21 heavy (non-hydrogen) atoms. The molecule has 0 amide bonds. The molecule has 4 nitrogen and oxygen atoms in total.